The molecule has 0 radical (unpaired) electrons. The predicted octanol–water partition coefficient (Wildman–Crippen LogP) is 3.45. The fourth-order valence-corrected chi connectivity index (χ4v) is 4.81. The molecule has 9 nitrogen and oxygen atoms in total. The zero-order valence-corrected chi connectivity index (χ0v) is 20.5. The first-order chi connectivity index (χ1) is 17.4. The van der Waals surface area contributed by atoms with Gasteiger partial charge in [0.1, 0.15) is 24.2 Å². The molecule has 3 amide bonds. The van der Waals surface area contributed by atoms with Gasteiger partial charge in [-0.2, -0.15) is 0 Å². The Labute approximate surface area is 210 Å². The minimum absolute atomic E-state index is 0.00950. The number of fused-ring (bicyclic) bond motifs is 2. The van der Waals surface area contributed by atoms with Gasteiger partial charge >= 0.3 is 0 Å². The second-order valence-electron chi connectivity index (χ2n) is 9.63. The molecule has 3 aliphatic rings. The molecule has 2 aromatic rings. The van der Waals surface area contributed by atoms with Crippen LogP contribution < -0.4 is 20.1 Å². The van der Waals surface area contributed by atoms with Crippen molar-refractivity contribution in [2.24, 2.45) is 5.92 Å². The van der Waals surface area contributed by atoms with Gasteiger partial charge in [0, 0.05) is 30.4 Å². The standard InChI is InChI=1S/C27H31N3O6/c1-30-22-10-9-20(14-25(31)28-17-4-3-5-19(12-17)34-2)36-24(22)15-35-23-11-8-18(13-21(23)27(30)33)29-26(32)16-6-7-16/h3-5,8,11-13,16,20,22,24H,6-7,9-10,14-15H2,1-2H3,(H,28,31)(H,29,32)/t20-,22+,24+/m0/s1. The lowest BCUT2D eigenvalue weighted by Gasteiger charge is -2.42. The van der Waals surface area contributed by atoms with E-state index in [1.165, 1.54) is 0 Å². The van der Waals surface area contributed by atoms with Gasteiger partial charge in [-0.3, -0.25) is 14.4 Å². The van der Waals surface area contributed by atoms with Crippen LogP contribution in [-0.2, 0) is 14.3 Å². The molecule has 0 spiro atoms. The quantitative estimate of drug-likeness (QED) is 0.639. The molecule has 1 saturated carbocycles. The topological polar surface area (TPSA) is 106 Å². The molecule has 0 unspecified atom stereocenters. The number of rotatable bonds is 6. The maximum atomic E-state index is 13.3. The van der Waals surface area contributed by atoms with Gasteiger partial charge in [-0.15, -0.1) is 0 Å². The molecule has 3 atom stereocenters. The number of benzene rings is 2. The number of likely N-dealkylation sites (N-methyl/N-ethyl adjacent to an activating group) is 1. The molecule has 0 bridgehead atoms. The SMILES string of the molecule is COc1cccc(NC(=O)C[C@@H]2CC[C@@H]3[C@@H](COc4ccc(NC(=O)C5CC5)cc4C(=O)N3C)O2)c1. The molecule has 1 aliphatic carbocycles. The van der Waals surface area contributed by atoms with E-state index < -0.39 is 0 Å². The zero-order valence-electron chi connectivity index (χ0n) is 20.5. The van der Waals surface area contributed by atoms with Crippen molar-refractivity contribution in [3.05, 3.63) is 48.0 Å². The van der Waals surface area contributed by atoms with Gasteiger partial charge in [0.25, 0.3) is 5.91 Å². The van der Waals surface area contributed by atoms with Crippen molar-refractivity contribution in [1.82, 2.24) is 4.90 Å². The minimum Gasteiger partial charge on any atom is -0.497 e. The highest BCUT2D eigenvalue weighted by Gasteiger charge is 2.39. The Bertz CT molecular complexity index is 1160. The first-order valence-electron chi connectivity index (χ1n) is 12.4. The highest BCUT2D eigenvalue weighted by atomic mass is 16.5. The molecule has 2 aromatic carbocycles. The summed E-state index contributed by atoms with van der Waals surface area (Å²) in [7, 11) is 3.35. The molecule has 0 aromatic heterocycles. The van der Waals surface area contributed by atoms with E-state index in [1.807, 2.05) is 18.2 Å². The Balaban J connectivity index is 1.23. The highest BCUT2D eigenvalue weighted by molar-refractivity contribution is 6.00. The maximum Gasteiger partial charge on any atom is 0.257 e. The number of hydrogen-bond donors (Lipinski definition) is 2. The van der Waals surface area contributed by atoms with Crippen LogP contribution in [0.5, 0.6) is 11.5 Å². The third-order valence-corrected chi connectivity index (χ3v) is 6.99. The zero-order chi connectivity index (χ0) is 25.2. The van der Waals surface area contributed by atoms with Crippen molar-refractivity contribution < 1.29 is 28.6 Å². The normalized spacial score (nSPS) is 23.3. The minimum atomic E-state index is -0.357. The van der Waals surface area contributed by atoms with Crippen LogP contribution >= 0.6 is 0 Å². The van der Waals surface area contributed by atoms with Crippen molar-refractivity contribution in [2.75, 3.05) is 31.4 Å². The summed E-state index contributed by atoms with van der Waals surface area (Å²) in [5.74, 6) is 0.865. The summed E-state index contributed by atoms with van der Waals surface area (Å²) in [5.41, 5.74) is 1.68. The Morgan fingerprint density at radius 2 is 1.86 bits per heavy atom. The number of methoxy groups -OCH3 is 1. The summed E-state index contributed by atoms with van der Waals surface area (Å²) < 4.78 is 17.5. The molecule has 2 heterocycles. The molecule has 2 N–H and O–H groups in total. The Morgan fingerprint density at radius 3 is 2.64 bits per heavy atom. The predicted molar refractivity (Wildman–Crippen MR) is 133 cm³/mol. The molecular formula is C27H31N3O6. The van der Waals surface area contributed by atoms with E-state index in [-0.39, 0.29) is 54.9 Å². The number of hydrogen-bond acceptors (Lipinski definition) is 6. The van der Waals surface area contributed by atoms with E-state index in [2.05, 4.69) is 10.6 Å². The monoisotopic (exact) mass is 493 g/mol. The van der Waals surface area contributed by atoms with Gasteiger partial charge in [-0.05, 0) is 56.0 Å². The summed E-state index contributed by atoms with van der Waals surface area (Å²) in [4.78, 5) is 39.8. The summed E-state index contributed by atoms with van der Waals surface area (Å²) in [6, 6.07) is 12.2. The summed E-state index contributed by atoms with van der Waals surface area (Å²) in [6.45, 7) is 0.261. The van der Waals surface area contributed by atoms with Gasteiger partial charge in [-0.1, -0.05) is 6.07 Å². The Morgan fingerprint density at radius 1 is 1.06 bits per heavy atom. The number of anilines is 2. The Hall–Kier alpha value is -3.59. The number of nitrogens with one attached hydrogen (secondary N) is 2. The third-order valence-electron chi connectivity index (χ3n) is 6.99. The lowest BCUT2D eigenvalue weighted by molar-refractivity contribution is -0.130. The van der Waals surface area contributed by atoms with Gasteiger partial charge in [0.15, 0.2) is 0 Å². The molecule has 9 heteroatoms. The van der Waals surface area contributed by atoms with Crippen molar-refractivity contribution in [1.29, 1.82) is 0 Å². The van der Waals surface area contributed by atoms with Gasteiger partial charge < -0.3 is 29.7 Å². The van der Waals surface area contributed by atoms with Crippen LogP contribution in [-0.4, -0.2) is 61.6 Å². The molecular weight excluding hydrogens is 462 g/mol. The van der Waals surface area contributed by atoms with E-state index in [0.29, 0.717) is 41.3 Å². The molecule has 2 fully saturated rings. The molecule has 2 aliphatic heterocycles. The Kier molecular flexibility index (Phi) is 6.82. The van der Waals surface area contributed by atoms with Crippen molar-refractivity contribution >= 4 is 29.1 Å². The second-order valence-corrected chi connectivity index (χ2v) is 9.63. The lowest BCUT2D eigenvalue weighted by Crippen LogP contribution is -2.53. The van der Waals surface area contributed by atoms with Crippen LogP contribution in [0.2, 0.25) is 0 Å². The van der Waals surface area contributed by atoms with Gasteiger partial charge in [0.2, 0.25) is 11.8 Å². The van der Waals surface area contributed by atoms with Crippen LogP contribution in [0.3, 0.4) is 0 Å². The van der Waals surface area contributed by atoms with E-state index in [0.717, 1.165) is 12.8 Å². The summed E-state index contributed by atoms with van der Waals surface area (Å²) in [5, 5.41) is 5.79. The van der Waals surface area contributed by atoms with Crippen molar-refractivity contribution in [3.8, 4) is 11.5 Å². The fraction of sp³-hybridized carbons (Fsp3) is 0.444. The van der Waals surface area contributed by atoms with E-state index in [4.69, 9.17) is 14.2 Å². The van der Waals surface area contributed by atoms with Crippen LogP contribution in [0, 0.1) is 5.92 Å². The van der Waals surface area contributed by atoms with Crippen LogP contribution in [0.15, 0.2) is 42.5 Å². The molecule has 1 saturated heterocycles. The molecule has 190 valence electrons. The average molecular weight is 494 g/mol. The first kappa shape index (κ1) is 24.1. The van der Waals surface area contributed by atoms with E-state index >= 15 is 0 Å². The number of ether oxygens (including phenoxy) is 3. The number of amides is 3. The number of nitrogens with zero attached hydrogens (tertiary/aromatic N) is 1. The van der Waals surface area contributed by atoms with Crippen LogP contribution in [0.4, 0.5) is 11.4 Å². The van der Waals surface area contributed by atoms with E-state index in [1.54, 1.807) is 43.3 Å². The maximum absolute atomic E-state index is 13.3. The fourth-order valence-electron chi connectivity index (χ4n) is 4.81. The smallest absolute Gasteiger partial charge is 0.257 e. The van der Waals surface area contributed by atoms with Crippen LogP contribution in [0.25, 0.3) is 0 Å². The number of carbonyl (C=O) groups is 3. The lowest BCUT2D eigenvalue weighted by atomic mass is 9.94. The van der Waals surface area contributed by atoms with Crippen LogP contribution in [0.1, 0.15) is 42.5 Å². The van der Waals surface area contributed by atoms with Gasteiger partial charge in [-0.25, -0.2) is 0 Å². The number of carbonyl (C=O) groups excluding carboxylic acids is 3. The van der Waals surface area contributed by atoms with E-state index in [9.17, 15) is 14.4 Å². The largest absolute Gasteiger partial charge is 0.497 e. The van der Waals surface area contributed by atoms with Crippen molar-refractivity contribution in [3.63, 3.8) is 0 Å². The van der Waals surface area contributed by atoms with Gasteiger partial charge in [0.05, 0.1) is 31.2 Å². The third kappa shape index (κ3) is 5.31. The average Bonchev–Trinajstić information content (AvgIpc) is 3.72. The summed E-state index contributed by atoms with van der Waals surface area (Å²) >= 11 is 0. The highest BCUT2D eigenvalue weighted by Crippen LogP contribution is 2.34. The molecule has 36 heavy (non-hydrogen) atoms. The second kappa shape index (κ2) is 10.2. The summed E-state index contributed by atoms with van der Waals surface area (Å²) in [6.07, 6.45) is 2.74. The van der Waals surface area contributed by atoms with Crippen molar-refractivity contribution in [2.45, 2.75) is 50.4 Å². The first-order valence-corrected chi connectivity index (χ1v) is 12.4. The molecule has 5 rings (SSSR count).